The quantitative estimate of drug-likeness (QED) is 0.812. The summed E-state index contributed by atoms with van der Waals surface area (Å²) < 4.78 is 3.53. The van der Waals surface area contributed by atoms with Crippen LogP contribution in [0.4, 0.5) is 0 Å². The van der Waals surface area contributed by atoms with E-state index in [1.54, 1.807) is 0 Å². The Hall–Kier alpha value is -0.0300. The summed E-state index contributed by atoms with van der Waals surface area (Å²) in [4.78, 5) is 10.2. The lowest BCUT2D eigenvalue weighted by Gasteiger charge is -1.83. The molecule has 1 heterocycles. The largest absolute Gasteiger partial charge is 0.477 e. The molecule has 0 amide bonds. The molecule has 1 aromatic rings. The van der Waals surface area contributed by atoms with Gasteiger partial charge in [-0.3, -0.25) is 0 Å². The van der Waals surface area contributed by atoms with Crippen molar-refractivity contribution in [2.45, 2.75) is 0 Å². The van der Waals surface area contributed by atoms with Gasteiger partial charge in [-0.1, -0.05) is 23.2 Å². The minimum absolute atomic E-state index is 0. The average molecular weight is 234 g/mol. The van der Waals surface area contributed by atoms with E-state index in [1.807, 2.05) is 0 Å². The molecule has 1 rings (SSSR count). The number of carboxylic acid groups (broad SMARTS) is 1. The second kappa shape index (κ2) is 4.11. The third-order valence-electron chi connectivity index (χ3n) is 0.792. The highest BCUT2D eigenvalue weighted by Gasteiger charge is 2.15. The fraction of sp³-hybridized carbons (Fsp3) is 0. The first kappa shape index (κ1) is 11.0. The number of aromatic nitrogens is 1. The van der Waals surface area contributed by atoms with Crippen molar-refractivity contribution in [1.29, 1.82) is 0 Å². The van der Waals surface area contributed by atoms with E-state index in [-0.39, 0.29) is 27.5 Å². The van der Waals surface area contributed by atoms with Crippen molar-refractivity contribution in [1.82, 2.24) is 4.37 Å². The summed E-state index contributed by atoms with van der Waals surface area (Å²) in [5, 5.41) is 8.46. The van der Waals surface area contributed by atoms with E-state index >= 15 is 0 Å². The number of rotatable bonds is 1. The molecule has 0 unspecified atom stereocenters. The Balaban J connectivity index is 0.000001000. The molecule has 0 saturated heterocycles. The Morgan fingerprint density at radius 2 is 2.09 bits per heavy atom. The summed E-state index contributed by atoms with van der Waals surface area (Å²) in [6, 6.07) is 0. The number of hydrogen-bond donors (Lipinski definition) is 1. The van der Waals surface area contributed by atoms with Gasteiger partial charge in [0, 0.05) is 0 Å². The van der Waals surface area contributed by atoms with Crippen LogP contribution in [0.3, 0.4) is 0 Å². The first-order valence-electron chi connectivity index (χ1n) is 2.17. The molecule has 3 nitrogen and oxygen atoms in total. The van der Waals surface area contributed by atoms with Crippen LogP contribution < -0.4 is 0 Å². The van der Waals surface area contributed by atoms with E-state index in [0.717, 1.165) is 11.5 Å². The smallest absolute Gasteiger partial charge is 0.349 e. The highest BCUT2D eigenvalue weighted by molar-refractivity contribution is 7.09. The van der Waals surface area contributed by atoms with Gasteiger partial charge in [-0.05, 0) is 11.5 Å². The summed E-state index contributed by atoms with van der Waals surface area (Å²) in [7, 11) is 0. The molecule has 0 bridgehead atoms. The molecule has 0 spiro atoms. The Morgan fingerprint density at radius 3 is 2.27 bits per heavy atom. The van der Waals surface area contributed by atoms with Crippen molar-refractivity contribution in [2.24, 2.45) is 0 Å². The van der Waals surface area contributed by atoms with Gasteiger partial charge >= 0.3 is 5.97 Å². The lowest BCUT2D eigenvalue weighted by Crippen LogP contribution is -1.91. The summed E-state index contributed by atoms with van der Waals surface area (Å²) >= 11 is 11.6. The zero-order chi connectivity index (χ0) is 7.72. The summed E-state index contributed by atoms with van der Waals surface area (Å²) in [5.41, 5.74) is 0. The number of aromatic carboxylic acids is 1. The number of carbonyl (C=O) groups is 1. The Labute approximate surface area is 82.5 Å². The SMILES string of the molecule is Cl.O=C(O)c1snc(Cl)c1Cl. The summed E-state index contributed by atoms with van der Waals surface area (Å²) in [6.45, 7) is 0. The Morgan fingerprint density at radius 1 is 1.55 bits per heavy atom. The molecule has 0 aliphatic heterocycles. The molecule has 1 aromatic heterocycles. The maximum absolute atomic E-state index is 10.3. The van der Waals surface area contributed by atoms with E-state index in [4.69, 9.17) is 28.3 Å². The van der Waals surface area contributed by atoms with Crippen molar-refractivity contribution in [2.75, 3.05) is 0 Å². The van der Waals surface area contributed by atoms with Crippen molar-refractivity contribution < 1.29 is 9.90 Å². The van der Waals surface area contributed by atoms with Gasteiger partial charge in [0.25, 0.3) is 0 Å². The summed E-state index contributed by atoms with van der Waals surface area (Å²) in [5.74, 6) is -1.10. The number of nitrogens with zero attached hydrogens (tertiary/aromatic N) is 1. The molecule has 0 atom stereocenters. The minimum atomic E-state index is -1.10. The zero-order valence-corrected chi connectivity index (χ0v) is 8.02. The Kier molecular flexibility index (Phi) is 4.10. The predicted molar refractivity (Wildman–Crippen MR) is 46.3 cm³/mol. The molecule has 0 fully saturated rings. The molecular formula is C4H2Cl3NO2S. The molecule has 0 radical (unpaired) electrons. The van der Waals surface area contributed by atoms with E-state index < -0.39 is 5.97 Å². The second-order valence-corrected chi connectivity index (χ2v) is 2.93. The third kappa shape index (κ3) is 2.20. The first-order valence-corrected chi connectivity index (χ1v) is 3.70. The molecule has 0 aliphatic rings. The number of carboxylic acids is 1. The molecule has 1 N–H and O–H groups in total. The van der Waals surface area contributed by atoms with Crippen LogP contribution in [0.2, 0.25) is 10.2 Å². The standard InChI is InChI=1S/C4HCl2NO2S.ClH/c5-1-2(4(8)9)10-7-3(1)6;/h(H,8,9);1H. The van der Waals surface area contributed by atoms with Crippen LogP contribution in [-0.4, -0.2) is 15.4 Å². The van der Waals surface area contributed by atoms with E-state index in [9.17, 15) is 4.79 Å². The van der Waals surface area contributed by atoms with E-state index in [1.165, 1.54) is 0 Å². The van der Waals surface area contributed by atoms with Crippen LogP contribution in [0.15, 0.2) is 0 Å². The normalized spacial score (nSPS) is 8.91. The molecule has 62 valence electrons. The average Bonchev–Trinajstić information content (AvgIpc) is 2.14. The maximum Gasteiger partial charge on any atom is 0.349 e. The van der Waals surface area contributed by atoms with Gasteiger partial charge in [0.15, 0.2) is 10.0 Å². The highest BCUT2D eigenvalue weighted by Crippen LogP contribution is 2.27. The van der Waals surface area contributed by atoms with Crippen molar-refractivity contribution in [3.63, 3.8) is 0 Å². The Bertz CT molecular complexity index is 274. The lowest BCUT2D eigenvalue weighted by atomic mass is 10.5. The molecule has 0 saturated carbocycles. The highest BCUT2D eigenvalue weighted by atomic mass is 35.5. The first-order chi connectivity index (χ1) is 4.63. The zero-order valence-electron chi connectivity index (χ0n) is 4.88. The maximum atomic E-state index is 10.3. The topological polar surface area (TPSA) is 50.2 Å². The van der Waals surface area contributed by atoms with Crippen LogP contribution >= 0.6 is 47.1 Å². The van der Waals surface area contributed by atoms with Gasteiger partial charge in [-0.15, -0.1) is 12.4 Å². The van der Waals surface area contributed by atoms with Gasteiger partial charge in [-0.25, -0.2) is 4.79 Å². The van der Waals surface area contributed by atoms with Crippen LogP contribution in [0, 0.1) is 0 Å². The van der Waals surface area contributed by atoms with Crippen molar-refractivity contribution >= 4 is 53.1 Å². The van der Waals surface area contributed by atoms with E-state index in [2.05, 4.69) is 4.37 Å². The van der Waals surface area contributed by atoms with Crippen LogP contribution in [0.25, 0.3) is 0 Å². The van der Waals surface area contributed by atoms with Gasteiger partial charge < -0.3 is 5.11 Å². The monoisotopic (exact) mass is 233 g/mol. The molecular weight excluding hydrogens is 232 g/mol. The van der Waals surface area contributed by atoms with Gasteiger partial charge in [0.2, 0.25) is 0 Å². The van der Waals surface area contributed by atoms with Crippen LogP contribution in [0.1, 0.15) is 9.67 Å². The fourth-order valence-electron chi connectivity index (χ4n) is 0.392. The number of hydrogen-bond acceptors (Lipinski definition) is 3. The van der Waals surface area contributed by atoms with Crippen molar-refractivity contribution in [3.8, 4) is 0 Å². The second-order valence-electron chi connectivity index (χ2n) is 1.42. The number of halogens is 3. The molecule has 0 aliphatic carbocycles. The summed E-state index contributed by atoms with van der Waals surface area (Å²) in [6.07, 6.45) is 0. The van der Waals surface area contributed by atoms with Crippen molar-refractivity contribution in [3.05, 3.63) is 15.1 Å². The minimum Gasteiger partial charge on any atom is -0.477 e. The van der Waals surface area contributed by atoms with Gasteiger partial charge in [0.05, 0.1) is 0 Å². The van der Waals surface area contributed by atoms with Crippen LogP contribution in [0.5, 0.6) is 0 Å². The lowest BCUT2D eigenvalue weighted by molar-refractivity contribution is 0.0702. The molecule has 11 heavy (non-hydrogen) atoms. The van der Waals surface area contributed by atoms with E-state index in [0.29, 0.717) is 0 Å². The van der Waals surface area contributed by atoms with Gasteiger partial charge in [-0.2, -0.15) is 4.37 Å². The van der Waals surface area contributed by atoms with Crippen LogP contribution in [-0.2, 0) is 0 Å². The molecule has 0 aromatic carbocycles. The fourth-order valence-corrected chi connectivity index (χ4v) is 1.44. The molecule has 7 heteroatoms. The third-order valence-corrected chi connectivity index (χ3v) is 2.58. The van der Waals surface area contributed by atoms with Gasteiger partial charge in [0.1, 0.15) is 5.02 Å². The predicted octanol–water partition coefficient (Wildman–Crippen LogP) is 2.57.